The molecule has 2 saturated heterocycles. The van der Waals surface area contributed by atoms with Crippen molar-refractivity contribution < 1.29 is 22.7 Å². The van der Waals surface area contributed by atoms with Crippen LogP contribution in [0.25, 0.3) is 0 Å². The van der Waals surface area contributed by atoms with Crippen LogP contribution in [0.1, 0.15) is 19.8 Å². The summed E-state index contributed by atoms with van der Waals surface area (Å²) in [7, 11) is 0. The minimum absolute atomic E-state index is 0.0108. The molecule has 0 saturated carbocycles. The number of morpholine rings is 1. The lowest BCUT2D eigenvalue weighted by Crippen LogP contribution is -2.56. The number of carbonyl (C=O) groups excluding carboxylic acids is 1. The first kappa shape index (κ1) is 14.6. The van der Waals surface area contributed by atoms with Crippen molar-refractivity contribution in [1.82, 2.24) is 10.2 Å². The summed E-state index contributed by atoms with van der Waals surface area (Å²) in [6.07, 6.45) is -3.91. The fourth-order valence-electron chi connectivity index (χ4n) is 2.60. The molecular weight excluding hydrogens is 261 g/mol. The summed E-state index contributed by atoms with van der Waals surface area (Å²) in [4.78, 5) is 13.9. The van der Waals surface area contributed by atoms with Gasteiger partial charge in [-0.05, 0) is 19.8 Å². The largest absolute Gasteiger partial charge is 0.393 e. The lowest BCUT2D eigenvalue weighted by atomic mass is 9.93. The molecule has 0 aromatic carbocycles. The Kier molecular flexibility index (Phi) is 4.35. The quantitative estimate of drug-likeness (QED) is 0.784. The van der Waals surface area contributed by atoms with E-state index in [0.29, 0.717) is 19.8 Å². The van der Waals surface area contributed by atoms with E-state index in [0.717, 1.165) is 0 Å². The number of nitrogens with zero attached hydrogens (tertiary/aromatic N) is 1. The maximum absolute atomic E-state index is 12.5. The molecule has 0 aromatic rings. The minimum Gasteiger partial charge on any atom is -0.377 e. The van der Waals surface area contributed by atoms with Crippen LogP contribution in [-0.4, -0.2) is 55.4 Å². The number of amides is 1. The third-order valence-electron chi connectivity index (χ3n) is 3.83. The van der Waals surface area contributed by atoms with Crippen LogP contribution in [0.3, 0.4) is 0 Å². The average Bonchev–Trinajstić information content (AvgIpc) is 2.38. The molecule has 110 valence electrons. The number of hydrogen-bond donors (Lipinski definition) is 1. The zero-order chi connectivity index (χ0) is 14.0. The van der Waals surface area contributed by atoms with E-state index < -0.39 is 18.1 Å². The third kappa shape index (κ3) is 3.39. The van der Waals surface area contributed by atoms with Crippen molar-refractivity contribution in [2.75, 3.05) is 26.3 Å². The van der Waals surface area contributed by atoms with E-state index in [9.17, 15) is 18.0 Å². The number of hydrogen-bond acceptors (Lipinski definition) is 3. The van der Waals surface area contributed by atoms with E-state index >= 15 is 0 Å². The molecule has 0 aromatic heterocycles. The predicted octanol–water partition coefficient (Wildman–Crippen LogP) is 1.16. The maximum atomic E-state index is 12.5. The molecule has 2 heterocycles. The summed E-state index contributed by atoms with van der Waals surface area (Å²) in [5.74, 6) is -1.44. The highest BCUT2D eigenvalue weighted by Gasteiger charge is 2.43. The second kappa shape index (κ2) is 5.66. The van der Waals surface area contributed by atoms with Crippen molar-refractivity contribution in [3.05, 3.63) is 0 Å². The average molecular weight is 280 g/mol. The Morgan fingerprint density at radius 1 is 1.37 bits per heavy atom. The number of alkyl halides is 3. The van der Waals surface area contributed by atoms with E-state index in [2.05, 4.69) is 5.32 Å². The van der Waals surface area contributed by atoms with E-state index in [1.165, 1.54) is 0 Å². The van der Waals surface area contributed by atoms with Crippen LogP contribution in [0, 0.1) is 5.92 Å². The second-order valence-corrected chi connectivity index (χ2v) is 5.23. The Morgan fingerprint density at radius 3 is 2.63 bits per heavy atom. The van der Waals surface area contributed by atoms with E-state index in [4.69, 9.17) is 4.74 Å². The van der Waals surface area contributed by atoms with Gasteiger partial charge in [0, 0.05) is 13.1 Å². The standard InChI is InChI=1S/C12H19F3N2O2/c1-8-7-19-5-4-17(8)11(18)10-3-2-9(6-16-10)12(13,14)15/h8-10,16H,2-7H2,1H3. The van der Waals surface area contributed by atoms with E-state index in [-0.39, 0.29) is 31.3 Å². The van der Waals surface area contributed by atoms with Crippen LogP contribution in [0.2, 0.25) is 0 Å². The van der Waals surface area contributed by atoms with Gasteiger partial charge in [-0.15, -0.1) is 0 Å². The van der Waals surface area contributed by atoms with Gasteiger partial charge in [0.1, 0.15) is 0 Å². The molecule has 0 bridgehead atoms. The summed E-state index contributed by atoms with van der Waals surface area (Å²) in [6, 6.07) is -0.498. The van der Waals surface area contributed by atoms with Crippen LogP contribution in [0.15, 0.2) is 0 Å². The van der Waals surface area contributed by atoms with Gasteiger partial charge < -0.3 is 15.0 Å². The normalized spacial score (nSPS) is 33.3. The predicted molar refractivity (Wildman–Crippen MR) is 62.6 cm³/mol. The number of carbonyl (C=O) groups is 1. The van der Waals surface area contributed by atoms with Crippen molar-refractivity contribution in [2.24, 2.45) is 5.92 Å². The lowest BCUT2D eigenvalue weighted by molar-refractivity contribution is -0.181. The lowest BCUT2D eigenvalue weighted by Gasteiger charge is -2.38. The van der Waals surface area contributed by atoms with Crippen LogP contribution in [-0.2, 0) is 9.53 Å². The molecule has 7 heteroatoms. The molecule has 3 unspecified atom stereocenters. The SMILES string of the molecule is CC1COCCN1C(=O)C1CCC(C(F)(F)F)CN1. The van der Waals surface area contributed by atoms with Crippen LogP contribution in [0.5, 0.6) is 0 Å². The molecule has 0 aliphatic carbocycles. The van der Waals surface area contributed by atoms with Gasteiger partial charge in [0.15, 0.2) is 0 Å². The fourth-order valence-corrected chi connectivity index (χ4v) is 2.60. The highest BCUT2D eigenvalue weighted by molar-refractivity contribution is 5.82. The van der Waals surface area contributed by atoms with E-state index in [1.807, 2.05) is 6.92 Å². The molecule has 0 spiro atoms. The molecule has 1 N–H and O–H groups in total. The van der Waals surface area contributed by atoms with Crippen LogP contribution >= 0.6 is 0 Å². The Bertz CT molecular complexity index is 327. The Balaban J connectivity index is 1.88. The van der Waals surface area contributed by atoms with E-state index in [1.54, 1.807) is 4.90 Å². The summed E-state index contributed by atoms with van der Waals surface area (Å²) in [5, 5.41) is 2.74. The maximum Gasteiger partial charge on any atom is 0.393 e. The van der Waals surface area contributed by atoms with Crippen molar-refractivity contribution in [3.63, 3.8) is 0 Å². The third-order valence-corrected chi connectivity index (χ3v) is 3.83. The van der Waals surface area contributed by atoms with Gasteiger partial charge >= 0.3 is 6.18 Å². The van der Waals surface area contributed by atoms with Crippen LogP contribution < -0.4 is 5.32 Å². The molecule has 2 aliphatic heterocycles. The zero-order valence-corrected chi connectivity index (χ0v) is 10.9. The van der Waals surface area contributed by atoms with Crippen molar-refractivity contribution in [3.8, 4) is 0 Å². The Morgan fingerprint density at radius 2 is 2.11 bits per heavy atom. The highest BCUT2D eigenvalue weighted by Crippen LogP contribution is 2.32. The van der Waals surface area contributed by atoms with Gasteiger partial charge in [0.05, 0.1) is 31.2 Å². The molecular formula is C12H19F3N2O2. The first-order valence-corrected chi connectivity index (χ1v) is 6.58. The molecule has 0 radical (unpaired) electrons. The summed E-state index contributed by atoms with van der Waals surface area (Å²) in [6.45, 7) is 3.22. The smallest absolute Gasteiger partial charge is 0.377 e. The van der Waals surface area contributed by atoms with Gasteiger partial charge in [0.2, 0.25) is 5.91 Å². The summed E-state index contributed by atoms with van der Waals surface area (Å²) < 4.78 is 42.9. The monoisotopic (exact) mass is 280 g/mol. The van der Waals surface area contributed by atoms with Gasteiger partial charge in [-0.25, -0.2) is 0 Å². The summed E-state index contributed by atoms with van der Waals surface area (Å²) in [5.41, 5.74) is 0. The Labute approximate surface area is 110 Å². The molecule has 19 heavy (non-hydrogen) atoms. The molecule has 2 aliphatic rings. The summed E-state index contributed by atoms with van der Waals surface area (Å²) >= 11 is 0. The molecule has 2 rings (SSSR count). The first-order valence-electron chi connectivity index (χ1n) is 6.58. The van der Waals surface area contributed by atoms with Crippen molar-refractivity contribution in [2.45, 2.75) is 38.0 Å². The first-order chi connectivity index (χ1) is 8.89. The molecule has 3 atom stereocenters. The molecule has 2 fully saturated rings. The Hall–Kier alpha value is -0.820. The number of halogens is 3. The van der Waals surface area contributed by atoms with Crippen molar-refractivity contribution in [1.29, 1.82) is 0 Å². The number of nitrogens with one attached hydrogen (secondary N) is 1. The number of ether oxygens (including phenoxy) is 1. The molecule has 1 amide bonds. The second-order valence-electron chi connectivity index (χ2n) is 5.23. The van der Waals surface area contributed by atoms with Gasteiger partial charge in [0.25, 0.3) is 0 Å². The van der Waals surface area contributed by atoms with Gasteiger partial charge in [-0.3, -0.25) is 4.79 Å². The van der Waals surface area contributed by atoms with Gasteiger partial charge in [-0.2, -0.15) is 13.2 Å². The van der Waals surface area contributed by atoms with Crippen LogP contribution in [0.4, 0.5) is 13.2 Å². The number of rotatable bonds is 1. The fraction of sp³-hybridized carbons (Fsp3) is 0.917. The molecule has 4 nitrogen and oxygen atoms in total. The zero-order valence-electron chi connectivity index (χ0n) is 10.9. The highest BCUT2D eigenvalue weighted by atomic mass is 19.4. The number of piperidine rings is 1. The topological polar surface area (TPSA) is 41.6 Å². The minimum atomic E-state index is -4.17. The van der Waals surface area contributed by atoms with Crippen molar-refractivity contribution >= 4 is 5.91 Å². The van der Waals surface area contributed by atoms with Gasteiger partial charge in [-0.1, -0.05) is 0 Å².